The lowest BCUT2D eigenvalue weighted by Gasteiger charge is -2.14. The average Bonchev–Trinajstić information content (AvgIpc) is 2.15. The number of hydrogen-bond donors (Lipinski definition) is 5. The fraction of sp³-hybridized carbons (Fsp3) is 0.714. The predicted octanol–water partition coefficient (Wildman–Crippen LogP) is -2.71. The van der Waals surface area contributed by atoms with E-state index in [0.29, 0.717) is 0 Å². The van der Waals surface area contributed by atoms with Crippen LogP contribution in [-0.4, -0.2) is 57.7 Å². The lowest BCUT2D eigenvalue weighted by atomic mass is 10.2. The van der Waals surface area contributed by atoms with Gasteiger partial charge < -0.3 is 25.7 Å². The Labute approximate surface area is 80.0 Å². The van der Waals surface area contributed by atoms with Crippen LogP contribution in [0.4, 0.5) is 0 Å². The number of nitrogens with one attached hydrogen (secondary N) is 1. The fourth-order valence-corrected chi connectivity index (χ4v) is 0.737. The van der Waals surface area contributed by atoms with Crippen LogP contribution in [0.15, 0.2) is 0 Å². The molecule has 0 fully saturated rings. The third kappa shape index (κ3) is 4.17. The summed E-state index contributed by atoms with van der Waals surface area (Å²) in [5, 5.41) is 36.2. The van der Waals surface area contributed by atoms with Gasteiger partial charge in [0.1, 0.15) is 6.04 Å². The first kappa shape index (κ1) is 12.8. The van der Waals surface area contributed by atoms with Crippen LogP contribution in [0, 0.1) is 0 Å². The SMILES string of the molecule is O=C(N[C@@H](CCO)C(=O)O)C(O)CO. The molecule has 0 aliphatic rings. The van der Waals surface area contributed by atoms with Gasteiger partial charge in [0.05, 0.1) is 6.61 Å². The second kappa shape index (κ2) is 6.30. The maximum absolute atomic E-state index is 10.9. The Morgan fingerprint density at radius 1 is 1.29 bits per heavy atom. The van der Waals surface area contributed by atoms with Crippen molar-refractivity contribution in [1.29, 1.82) is 0 Å². The van der Waals surface area contributed by atoms with Crippen molar-refractivity contribution in [2.75, 3.05) is 13.2 Å². The van der Waals surface area contributed by atoms with Gasteiger partial charge >= 0.3 is 5.97 Å². The second-order valence-corrected chi connectivity index (χ2v) is 2.61. The van der Waals surface area contributed by atoms with E-state index in [1.165, 1.54) is 0 Å². The van der Waals surface area contributed by atoms with Gasteiger partial charge in [-0.15, -0.1) is 0 Å². The number of aliphatic carboxylic acids is 1. The minimum absolute atomic E-state index is 0.154. The van der Waals surface area contributed by atoms with Crippen LogP contribution >= 0.6 is 0 Å². The molecule has 0 rings (SSSR count). The molecule has 1 amide bonds. The minimum Gasteiger partial charge on any atom is -0.480 e. The highest BCUT2D eigenvalue weighted by Crippen LogP contribution is 1.93. The van der Waals surface area contributed by atoms with E-state index in [1.54, 1.807) is 0 Å². The van der Waals surface area contributed by atoms with Crippen LogP contribution in [0.2, 0.25) is 0 Å². The quantitative estimate of drug-likeness (QED) is 0.322. The third-order valence-electron chi connectivity index (χ3n) is 1.51. The number of aliphatic hydroxyl groups is 3. The average molecular weight is 207 g/mol. The Balaban J connectivity index is 4.15. The van der Waals surface area contributed by atoms with Gasteiger partial charge in [0.15, 0.2) is 6.10 Å². The summed E-state index contributed by atoms with van der Waals surface area (Å²) >= 11 is 0. The summed E-state index contributed by atoms with van der Waals surface area (Å²) in [4.78, 5) is 21.4. The van der Waals surface area contributed by atoms with Gasteiger partial charge in [-0.05, 0) is 0 Å². The first-order valence-electron chi connectivity index (χ1n) is 3.96. The third-order valence-corrected chi connectivity index (χ3v) is 1.51. The van der Waals surface area contributed by atoms with E-state index >= 15 is 0 Å². The molecular formula is C7H13NO6. The highest BCUT2D eigenvalue weighted by atomic mass is 16.4. The van der Waals surface area contributed by atoms with E-state index in [4.69, 9.17) is 20.4 Å². The number of carboxylic acid groups (broad SMARTS) is 1. The maximum atomic E-state index is 10.9. The molecule has 7 nitrogen and oxygen atoms in total. The molecule has 0 saturated carbocycles. The fourth-order valence-electron chi connectivity index (χ4n) is 0.737. The van der Waals surface area contributed by atoms with Crippen LogP contribution in [0.5, 0.6) is 0 Å². The maximum Gasteiger partial charge on any atom is 0.326 e. The molecule has 7 heteroatoms. The van der Waals surface area contributed by atoms with E-state index in [9.17, 15) is 9.59 Å². The number of amides is 1. The Hall–Kier alpha value is -1.18. The predicted molar refractivity (Wildman–Crippen MR) is 44.4 cm³/mol. The van der Waals surface area contributed by atoms with Crippen LogP contribution < -0.4 is 5.32 Å². The molecule has 0 aliphatic heterocycles. The molecule has 0 aromatic carbocycles. The Morgan fingerprint density at radius 2 is 1.86 bits per heavy atom. The Bertz CT molecular complexity index is 206. The molecular weight excluding hydrogens is 194 g/mol. The van der Waals surface area contributed by atoms with E-state index in [1.807, 2.05) is 5.32 Å². The van der Waals surface area contributed by atoms with Gasteiger partial charge in [-0.25, -0.2) is 4.79 Å². The molecule has 14 heavy (non-hydrogen) atoms. The zero-order valence-electron chi connectivity index (χ0n) is 7.38. The van der Waals surface area contributed by atoms with Crippen molar-refractivity contribution in [3.8, 4) is 0 Å². The summed E-state index contributed by atoms with van der Waals surface area (Å²) in [6, 6.07) is -1.26. The zero-order chi connectivity index (χ0) is 11.1. The van der Waals surface area contributed by atoms with E-state index in [2.05, 4.69) is 0 Å². The monoisotopic (exact) mass is 207 g/mol. The molecule has 0 heterocycles. The first-order chi connectivity index (χ1) is 6.52. The minimum atomic E-state index is -1.64. The van der Waals surface area contributed by atoms with Gasteiger partial charge in [0.2, 0.25) is 0 Å². The second-order valence-electron chi connectivity index (χ2n) is 2.61. The summed E-state index contributed by atoms with van der Waals surface area (Å²) in [5.74, 6) is -2.29. The summed E-state index contributed by atoms with van der Waals surface area (Å²) in [5.41, 5.74) is 0. The van der Waals surface area contributed by atoms with E-state index in [-0.39, 0.29) is 6.42 Å². The van der Waals surface area contributed by atoms with Crippen molar-refractivity contribution in [2.24, 2.45) is 0 Å². The molecule has 0 aromatic heterocycles. The number of hydrogen-bond acceptors (Lipinski definition) is 5. The van der Waals surface area contributed by atoms with Crippen molar-refractivity contribution in [1.82, 2.24) is 5.32 Å². The number of carbonyl (C=O) groups is 2. The number of carbonyl (C=O) groups excluding carboxylic acids is 1. The molecule has 0 bridgehead atoms. The molecule has 82 valence electrons. The van der Waals surface area contributed by atoms with Gasteiger partial charge in [-0.2, -0.15) is 0 Å². The van der Waals surface area contributed by atoms with Crippen LogP contribution in [0.1, 0.15) is 6.42 Å². The van der Waals surface area contributed by atoms with Crippen molar-refractivity contribution < 1.29 is 30.0 Å². The topological polar surface area (TPSA) is 127 Å². The normalized spacial score (nSPS) is 14.5. The molecule has 0 aliphatic carbocycles. The first-order valence-corrected chi connectivity index (χ1v) is 3.96. The smallest absolute Gasteiger partial charge is 0.326 e. The molecule has 0 saturated heterocycles. The molecule has 1 unspecified atom stereocenters. The van der Waals surface area contributed by atoms with Crippen molar-refractivity contribution in [2.45, 2.75) is 18.6 Å². The Kier molecular flexibility index (Phi) is 5.77. The van der Waals surface area contributed by atoms with Gasteiger partial charge in [0.25, 0.3) is 5.91 Å². The zero-order valence-corrected chi connectivity index (χ0v) is 7.38. The Morgan fingerprint density at radius 3 is 2.21 bits per heavy atom. The van der Waals surface area contributed by atoms with E-state index in [0.717, 1.165) is 0 Å². The van der Waals surface area contributed by atoms with Gasteiger partial charge in [-0.1, -0.05) is 0 Å². The van der Waals surface area contributed by atoms with Crippen LogP contribution in [0.25, 0.3) is 0 Å². The summed E-state index contributed by atoms with van der Waals surface area (Å²) in [6.45, 7) is -1.18. The molecule has 2 atom stereocenters. The van der Waals surface area contributed by atoms with Crippen molar-refractivity contribution in [3.05, 3.63) is 0 Å². The van der Waals surface area contributed by atoms with E-state index < -0.39 is 37.2 Å². The molecule has 0 aromatic rings. The standard InChI is InChI=1S/C7H13NO6/c9-2-1-4(7(13)14)8-6(12)5(11)3-10/h4-5,9-11H,1-3H2,(H,8,12)(H,13,14)/t4-,5?/m0/s1. The van der Waals surface area contributed by atoms with Crippen molar-refractivity contribution >= 4 is 11.9 Å². The van der Waals surface area contributed by atoms with Gasteiger partial charge in [-0.3, -0.25) is 4.79 Å². The largest absolute Gasteiger partial charge is 0.480 e. The molecule has 0 spiro atoms. The summed E-state index contributed by atoms with van der Waals surface area (Å²) < 4.78 is 0. The molecule has 5 N–H and O–H groups in total. The number of aliphatic hydroxyl groups excluding tert-OH is 3. The van der Waals surface area contributed by atoms with Crippen LogP contribution in [-0.2, 0) is 9.59 Å². The highest BCUT2D eigenvalue weighted by molar-refractivity contribution is 5.86. The lowest BCUT2D eigenvalue weighted by molar-refractivity contribution is -0.144. The molecule has 0 radical (unpaired) electrons. The van der Waals surface area contributed by atoms with Crippen LogP contribution in [0.3, 0.4) is 0 Å². The summed E-state index contributed by atoms with van der Waals surface area (Å²) in [7, 11) is 0. The summed E-state index contributed by atoms with van der Waals surface area (Å²) in [6.07, 6.45) is -1.80. The lowest BCUT2D eigenvalue weighted by Crippen LogP contribution is -2.46. The number of carboxylic acids is 1. The number of rotatable bonds is 6. The highest BCUT2D eigenvalue weighted by Gasteiger charge is 2.22. The van der Waals surface area contributed by atoms with Gasteiger partial charge in [0, 0.05) is 13.0 Å². The van der Waals surface area contributed by atoms with Crippen molar-refractivity contribution in [3.63, 3.8) is 0 Å².